The molecule has 10 heavy (non-hydrogen) atoms. The van der Waals surface area contributed by atoms with E-state index in [0.29, 0.717) is 0 Å². The van der Waals surface area contributed by atoms with Crippen molar-refractivity contribution in [2.75, 3.05) is 0 Å². The Labute approximate surface area is 60.0 Å². The molecule has 0 saturated heterocycles. The Balaban J connectivity index is 3.66. The first-order valence-corrected chi connectivity index (χ1v) is 4.08. The molecule has 0 bridgehead atoms. The maximum Gasteiger partial charge on any atom is 0.296 e. The molecule has 0 fully saturated rings. The highest BCUT2D eigenvalue weighted by Gasteiger charge is 2.02. The molecule has 1 atom stereocenters. The number of rotatable bonds is 4. The highest BCUT2D eigenvalue weighted by molar-refractivity contribution is 7.87. The lowest BCUT2D eigenvalue weighted by molar-refractivity contribution is 0.0584. The first kappa shape index (κ1) is 9.57. The van der Waals surface area contributed by atoms with Crippen LogP contribution in [-0.4, -0.2) is 14.5 Å². The molecule has 0 aliphatic rings. The van der Waals surface area contributed by atoms with Crippen LogP contribution in [0.2, 0.25) is 0 Å². The van der Waals surface area contributed by atoms with Crippen LogP contribution >= 0.6 is 0 Å². The minimum absolute atomic E-state index is 0.390. The van der Waals surface area contributed by atoms with E-state index in [1.54, 1.807) is 11.8 Å². The fourth-order valence-corrected chi connectivity index (χ4v) is 0.477. The van der Waals surface area contributed by atoms with E-state index in [1.165, 1.54) is 6.08 Å². The fraction of sp³-hybridized carbons (Fsp3) is 0.500. The smallest absolute Gasteiger partial charge is 0.279 e. The van der Waals surface area contributed by atoms with Crippen LogP contribution in [0.4, 0.5) is 0 Å². The minimum Gasteiger partial charge on any atom is -0.279 e. The van der Waals surface area contributed by atoms with Crippen LogP contribution in [0.3, 0.4) is 0 Å². The molecule has 0 radical (unpaired) electrons. The monoisotopic (exact) mass is 166 g/mol. The largest absolute Gasteiger partial charge is 0.296 e. The Bertz CT molecular complexity index is 199. The summed E-state index contributed by atoms with van der Waals surface area (Å²) in [5, 5.41) is 4.54. The van der Waals surface area contributed by atoms with Crippen LogP contribution in [0.5, 0.6) is 0 Å². The molecule has 0 aliphatic heterocycles. The first-order chi connectivity index (χ1) is 4.45. The second-order valence-corrected chi connectivity index (χ2v) is 2.94. The van der Waals surface area contributed by atoms with E-state index in [1.807, 2.05) is 0 Å². The van der Waals surface area contributed by atoms with Crippen molar-refractivity contribution in [1.29, 1.82) is 0 Å². The average molecular weight is 166 g/mol. The Morgan fingerprint density at radius 2 is 2.30 bits per heavy atom. The lowest BCUT2D eigenvalue weighted by Crippen LogP contribution is -2.33. The van der Waals surface area contributed by atoms with Crippen LogP contribution in [0.15, 0.2) is 12.7 Å². The van der Waals surface area contributed by atoms with Crippen molar-refractivity contribution in [3.05, 3.63) is 12.7 Å². The molecule has 0 amide bonds. The van der Waals surface area contributed by atoms with Gasteiger partial charge in [-0.15, -0.1) is 6.58 Å². The number of hydrogen-bond donors (Lipinski definition) is 2. The highest BCUT2D eigenvalue weighted by atomic mass is 32.2. The molecule has 5 nitrogen and oxygen atoms in total. The summed E-state index contributed by atoms with van der Waals surface area (Å²) in [6.07, 6.45) is 1.04. The van der Waals surface area contributed by atoms with Gasteiger partial charge in [0.1, 0.15) is 0 Å². The predicted octanol–water partition coefficient (Wildman–Crippen LogP) is -0.714. The molecule has 0 aromatic carbocycles. The van der Waals surface area contributed by atoms with Crippen LogP contribution in [0, 0.1) is 0 Å². The molecule has 0 heterocycles. The first-order valence-electron chi connectivity index (χ1n) is 2.53. The summed E-state index contributed by atoms with van der Waals surface area (Å²) in [6, 6.07) is 0. The van der Waals surface area contributed by atoms with E-state index in [-0.39, 0.29) is 0 Å². The summed E-state index contributed by atoms with van der Waals surface area (Å²) in [7, 11) is -3.75. The van der Waals surface area contributed by atoms with Gasteiger partial charge in [0.25, 0.3) is 10.2 Å². The van der Waals surface area contributed by atoms with E-state index in [0.717, 1.165) is 0 Å². The van der Waals surface area contributed by atoms with Gasteiger partial charge < -0.3 is 0 Å². The van der Waals surface area contributed by atoms with Gasteiger partial charge in [-0.2, -0.15) is 8.42 Å². The van der Waals surface area contributed by atoms with Gasteiger partial charge in [-0.1, -0.05) is 11.0 Å². The van der Waals surface area contributed by atoms with Crippen molar-refractivity contribution in [2.45, 2.75) is 13.0 Å². The number of nitrogens with one attached hydrogen (secondary N) is 1. The Morgan fingerprint density at radius 1 is 1.80 bits per heavy atom. The van der Waals surface area contributed by atoms with E-state index in [4.69, 9.17) is 0 Å². The van der Waals surface area contributed by atoms with Crippen LogP contribution in [-0.2, 0) is 15.0 Å². The SMILES string of the molecule is C=CC(C)ONS(N)(=O)=O. The average Bonchev–Trinajstić information content (AvgIpc) is 1.81. The maximum atomic E-state index is 10.2. The maximum absolute atomic E-state index is 10.2. The summed E-state index contributed by atoms with van der Waals surface area (Å²) in [5.74, 6) is 0. The van der Waals surface area contributed by atoms with Crippen LogP contribution in [0.1, 0.15) is 6.92 Å². The second-order valence-electron chi connectivity index (χ2n) is 1.69. The third-order valence-electron chi connectivity index (χ3n) is 0.682. The summed E-state index contributed by atoms with van der Waals surface area (Å²) in [6.45, 7) is 4.98. The Kier molecular flexibility index (Phi) is 3.51. The molecule has 6 heteroatoms. The summed E-state index contributed by atoms with van der Waals surface area (Å²) < 4.78 is 20.3. The topological polar surface area (TPSA) is 81.4 Å². The van der Waals surface area contributed by atoms with Gasteiger partial charge in [-0.25, -0.2) is 5.14 Å². The van der Waals surface area contributed by atoms with Crippen molar-refractivity contribution < 1.29 is 13.3 Å². The van der Waals surface area contributed by atoms with Gasteiger partial charge in [0.2, 0.25) is 0 Å². The molecule has 0 aliphatic carbocycles. The van der Waals surface area contributed by atoms with Gasteiger partial charge in [-0.3, -0.25) is 4.84 Å². The molecular weight excluding hydrogens is 156 g/mol. The zero-order chi connectivity index (χ0) is 8.20. The zero-order valence-electron chi connectivity index (χ0n) is 5.57. The van der Waals surface area contributed by atoms with Gasteiger partial charge in [0.05, 0.1) is 6.10 Å². The van der Waals surface area contributed by atoms with Crippen molar-refractivity contribution in [2.24, 2.45) is 5.14 Å². The Hall–Kier alpha value is -0.430. The molecule has 60 valence electrons. The van der Waals surface area contributed by atoms with Crippen molar-refractivity contribution >= 4 is 10.2 Å². The van der Waals surface area contributed by atoms with Gasteiger partial charge >= 0.3 is 0 Å². The van der Waals surface area contributed by atoms with E-state index < -0.39 is 16.3 Å². The quantitative estimate of drug-likeness (QED) is 0.427. The molecule has 0 rings (SSSR count). The molecular formula is C4H10N2O3S. The molecule has 1 unspecified atom stereocenters. The standard InChI is InChI=1S/C4H10N2O3S/c1-3-4(2)9-6-10(5,7)8/h3-4,6H,1H2,2H3,(H2,5,7,8). The lowest BCUT2D eigenvalue weighted by atomic mass is 10.4. The lowest BCUT2D eigenvalue weighted by Gasteiger charge is -2.05. The highest BCUT2D eigenvalue weighted by Crippen LogP contribution is 1.86. The Morgan fingerprint density at radius 3 is 2.60 bits per heavy atom. The second kappa shape index (κ2) is 3.67. The van der Waals surface area contributed by atoms with E-state index in [2.05, 4.69) is 16.6 Å². The van der Waals surface area contributed by atoms with Gasteiger partial charge in [0, 0.05) is 0 Å². The number of nitrogens with two attached hydrogens (primary N) is 1. The van der Waals surface area contributed by atoms with Gasteiger partial charge in [0.15, 0.2) is 0 Å². The molecule has 3 N–H and O–H groups in total. The molecule has 0 spiro atoms. The third-order valence-corrected chi connectivity index (χ3v) is 1.01. The van der Waals surface area contributed by atoms with Crippen molar-refractivity contribution in [3.63, 3.8) is 0 Å². The van der Waals surface area contributed by atoms with Gasteiger partial charge in [-0.05, 0) is 6.92 Å². The molecule has 0 aromatic heterocycles. The van der Waals surface area contributed by atoms with Crippen LogP contribution < -0.4 is 10.0 Å². The summed E-state index contributed by atoms with van der Waals surface area (Å²) in [4.78, 5) is 6.13. The van der Waals surface area contributed by atoms with E-state index >= 15 is 0 Å². The van der Waals surface area contributed by atoms with Crippen LogP contribution in [0.25, 0.3) is 0 Å². The van der Waals surface area contributed by atoms with Crippen molar-refractivity contribution in [3.8, 4) is 0 Å². The number of hydrogen-bond acceptors (Lipinski definition) is 3. The normalized spacial score (nSPS) is 14.6. The summed E-state index contributed by atoms with van der Waals surface area (Å²) >= 11 is 0. The predicted molar refractivity (Wildman–Crippen MR) is 37.0 cm³/mol. The minimum atomic E-state index is -3.75. The summed E-state index contributed by atoms with van der Waals surface area (Å²) in [5.41, 5.74) is 0. The third kappa shape index (κ3) is 5.70. The van der Waals surface area contributed by atoms with Crippen molar-refractivity contribution in [1.82, 2.24) is 4.89 Å². The zero-order valence-corrected chi connectivity index (χ0v) is 6.39. The molecule has 0 aromatic rings. The van der Waals surface area contributed by atoms with E-state index in [9.17, 15) is 8.42 Å². The fourth-order valence-electron chi connectivity index (χ4n) is 0.191. The molecule has 0 saturated carbocycles.